The van der Waals surface area contributed by atoms with Crippen LogP contribution in [0.1, 0.15) is 54.8 Å². The van der Waals surface area contributed by atoms with Crippen LogP contribution in [-0.4, -0.2) is 15.2 Å². The van der Waals surface area contributed by atoms with Crippen molar-refractivity contribution in [2.45, 2.75) is 40.0 Å². The second-order valence-corrected chi connectivity index (χ2v) is 10.2. The van der Waals surface area contributed by atoms with Crippen molar-refractivity contribution in [3.63, 3.8) is 0 Å². The van der Waals surface area contributed by atoms with E-state index in [-0.39, 0.29) is 0 Å². The molecule has 4 nitrogen and oxygen atoms in total. The lowest BCUT2D eigenvalue weighted by molar-refractivity contribution is 0.751. The highest BCUT2D eigenvalue weighted by molar-refractivity contribution is 7.11. The number of nitrogens with one attached hydrogen (secondary N) is 3. The highest BCUT2D eigenvalue weighted by atomic mass is 32.1. The first-order chi connectivity index (χ1) is 18.5. The standard InChI is InChI=1S/C33H36N4S/c1-7-11-14-22(5)34-26(10-4)19-24(9-3)25-16-17-30-29(20-25)33(37-36-30)31-21-28(23(6)35-31)27(13-8-2)32-15-12-18-38-32/h8-10,12-13,15-21,34-35H,2,4-5,7,11,14H2,1,3,6H3,(H,36,37)/b24-9+,26-19+,27-13+. The van der Waals surface area contributed by atoms with Gasteiger partial charge in [0, 0.05) is 38.5 Å². The summed E-state index contributed by atoms with van der Waals surface area (Å²) >= 11 is 1.72. The molecule has 4 aromatic rings. The Morgan fingerprint density at radius 3 is 2.71 bits per heavy atom. The maximum Gasteiger partial charge on any atom is 0.116 e. The molecular weight excluding hydrogens is 484 g/mol. The van der Waals surface area contributed by atoms with E-state index in [0.717, 1.165) is 80.9 Å². The molecule has 0 amide bonds. The second-order valence-electron chi connectivity index (χ2n) is 9.23. The van der Waals surface area contributed by atoms with Crippen LogP contribution in [0.2, 0.25) is 0 Å². The number of thiophene rings is 1. The number of aryl methyl sites for hydroxylation is 1. The van der Waals surface area contributed by atoms with Crippen molar-refractivity contribution in [2.24, 2.45) is 0 Å². The first-order valence-corrected chi connectivity index (χ1v) is 13.9. The number of benzene rings is 1. The van der Waals surface area contributed by atoms with Crippen LogP contribution in [0.4, 0.5) is 0 Å². The Hall–Kier alpha value is -4.09. The van der Waals surface area contributed by atoms with Crippen LogP contribution in [0, 0.1) is 6.92 Å². The average molecular weight is 521 g/mol. The predicted octanol–water partition coefficient (Wildman–Crippen LogP) is 9.31. The van der Waals surface area contributed by atoms with Crippen LogP contribution in [0.15, 0.2) is 103 Å². The van der Waals surface area contributed by atoms with E-state index in [1.54, 1.807) is 11.3 Å². The van der Waals surface area contributed by atoms with Crippen molar-refractivity contribution >= 4 is 33.4 Å². The third-order valence-electron chi connectivity index (χ3n) is 6.52. The van der Waals surface area contributed by atoms with Crippen LogP contribution in [0.3, 0.4) is 0 Å². The Morgan fingerprint density at radius 2 is 2.03 bits per heavy atom. The van der Waals surface area contributed by atoms with Crippen LogP contribution in [0.25, 0.3) is 33.4 Å². The topological polar surface area (TPSA) is 56.5 Å². The maximum absolute atomic E-state index is 4.69. The summed E-state index contributed by atoms with van der Waals surface area (Å²) < 4.78 is 0. The van der Waals surface area contributed by atoms with E-state index in [2.05, 4.69) is 116 Å². The summed E-state index contributed by atoms with van der Waals surface area (Å²) in [5.74, 6) is 0. The zero-order chi connectivity index (χ0) is 27.1. The Labute approximate surface area is 229 Å². The lowest BCUT2D eigenvalue weighted by atomic mass is 10.0. The number of hydrogen-bond donors (Lipinski definition) is 3. The molecule has 3 N–H and O–H groups in total. The van der Waals surface area contributed by atoms with Gasteiger partial charge in [0.2, 0.25) is 0 Å². The fourth-order valence-electron chi connectivity index (χ4n) is 4.52. The van der Waals surface area contributed by atoms with E-state index in [0.29, 0.717) is 0 Å². The van der Waals surface area contributed by atoms with Gasteiger partial charge in [-0.15, -0.1) is 11.3 Å². The maximum atomic E-state index is 4.69. The van der Waals surface area contributed by atoms with Gasteiger partial charge < -0.3 is 10.3 Å². The minimum absolute atomic E-state index is 0.898. The molecule has 0 aliphatic rings. The monoisotopic (exact) mass is 520 g/mol. The van der Waals surface area contributed by atoms with Gasteiger partial charge >= 0.3 is 0 Å². The molecule has 0 aliphatic heterocycles. The summed E-state index contributed by atoms with van der Waals surface area (Å²) in [4.78, 5) is 4.78. The van der Waals surface area contributed by atoms with E-state index >= 15 is 0 Å². The summed E-state index contributed by atoms with van der Waals surface area (Å²) in [6.07, 6.45) is 13.2. The van der Waals surface area contributed by atoms with Crippen molar-refractivity contribution in [1.82, 2.24) is 20.5 Å². The molecule has 0 fully saturated rings. The van der Waals surface area contributed by atoms with E-state index in [9.17, 15) is 0 Å². The van der Waals surface area contributed by atoms with Crippen LogP contribution >= 0.6 is 11.3 Å². The lowest BCUT2D eigenvalue weighted by Gasteiger charge is -2.11. The molecule has 0 spiro atoms. The minimum Gasteiger partial charge on any atom is -0.359 e. The lowest BCUT2D eigenvalue weighted by Crippen LogP contribution is -2.10. The van der Waals surface area contributed by atoms with Gasteiger partial charge in [0.15, 0.2) is 0 Å². The zero-order valence-corrected chi connectivity index (χ0v) is 23.3. The highest BCUT2D eigenvalue weighted by Gasteiger charge is 2.17. The number of unbranched alkanes of at least 4 members (excludes halogenated alkanes) is 1. The molecule has 0 aliphatic carbocycles. The highest BCUT2D eigenvalue weighted by Crippen LogP contribution is 2.35. The number of fused-ring (bicyclic) bond motifs is 1. The number of allylic oxidation sites excluding steroid dienone is 7. The summed E-state index contributed by atoms with van der Waals surface area (Å²) in [5.41, 5.74) is 10.4. The van der Waals surface area contributed by atoms with Crippen LogP contribution < -0.4 is 5.32 Å². The van der Waals surface area contributed by atoms with Gasteiger partial charge in [0.25, 0.3) is 0 Å². The third-order valence-corrected chi connectivity index (χ3v) is 7.43. The number of aromatic amines is 2. The van der Waals surface area contributed by atoms with Gasteiger partial charge in [-0.1, -0.05) is 63.4 Å². The number of rotatable bonds is 12. The number of hydrogen-bond acceptors (Lipinski definition) is 3. The van der Waals surface area contributed by atoms with E-state index in [1.807, 2.05) is 12.2 Å². The molecule has 1 aromatic carbocycles. The Morgan fingerprint density at radius 1 is 1.18 bits per heavy atom. The Bertz CT molecular complexity index is 1540. The van der Waals surface area contributed by atoms with E-state index in [1.165, 1.54) is 4.88 Å². The van der Waals surface area contributed by atoms with Gasteiger partial charge in [-0.25, -0.2) is 0 Å². The third kappa shape index (κ3) is 5.90. The molecule has 0 atom stereocenters. The molecule has 0 bridgehead atoms. The minimum atomic E-state index is 0.898. The van der Waals surface area contributed by atoms with Gasteiger partial charge in [-0.2, -0.15) is 5.10 Å². The fraction of sp³-hybridized carbons (Fsp3) is 0.182. The quantitative estimate of drug-likeness (QED) is 0.163. The number of nitrogens with zero attached hydrogens (tertiary/aromatic N) is 1. The molecule has 3 heterocycles. The summed E-state index contributed by atoms with van der Waals surface area (Å²) in [6, 6.07) is 12.8. The van der Waals surface area contributed by atoms with Crippen molar-refractivity contribution in [2.75, 3.05) is 0 Å². The SMILES string of the molecule is C=C/C=C(/c1cccs1)c1cc(-c2n[nH]c3ccc(C(/C=C(\C=C)NC(=C)CCCC)=C/C)cc23)[nH]c1C. The summed E-state index contributed by atoms with van der Waals surface area (Å²) in [5, 5.41) is 14.5. The molecule has 4 rings (SSSR count). The summed E-state index contributed by atoms with van der Waals surface area (Å²) in [7, 11) is 0. The molecule has 194 valence electrons. The van der Waals surface area contributed by atoms with Crippen molar-refractivity contribution < 1.29 is 0 Å². The molecule has 0 radical (unpaired) electrons. The van der Waals surface area contributed by atoms with Gasteiger partial charge in [0.05, 0.1) is 11.2 Å². The normalized spacial score (nSPS) is 12.7. The Kier molecular flexibility index (Phi) is 8.82. The Balaban J connectivity index is 1.70. The summed E-state index contributed by atoms with van der Waals surface area (Å²) in [6.45, 7) is 18.4. The fourth-order valence-corrected chi connectivity index (χ4v) is 5.29. The van der Waals surface area contributed by atoms with Crippen molar-refractivity contribution in [3.8, 4) is 11.4 Å². The van der Waals surface area contributed by atoms with Gasteiger partial charge in [-0.05, 0) is 79.6 Å². The molecule has 3 aromatic heterocycles. The largest absolute Gasteiger partial charge is 0.359 e. The molecule has 0 saturated heterocycles. The molecular formula is C33H36N4S. The first-order valence-electron chi connectivity index (χ1n) is 13.0. The van der Waals surface area contributed by atoms with E-state index in [4.69, 9.17) is 5.10 Å². The van der Waals surface area contributed by atoms with Crippen molar-refractivity contribution in [3.05, 3.63) is 125 Å². The molecule has 0 unspecified atom stereocenters. The molecule has 5 heteroatoms. The second kappa shape index (κ2) is 12.4. The smallest absolute Gasteiger partial charge is 0.116 e. The molecule has 0 saturated carbocycles. The first kappa shape index (κ1) is 27.0. The predicted molar refractivity (Wildman–Crippen MR) is 166 cm³/mol. The number of aromatic nitrogens is 3. The van der Waals surface area contributed by atoms with Crippen LogP contribution in [0.5, 0.6) is 0 Å². The van der Waals surface area contributed by atoms with Gasteiger partial charge in [0.1, 0.15) is 5.69 Å². The van der Waals surface area contributed by atoms with Gasteiger partial charge in [-0.3, -0.25) is 5.10 Å². The average Bonchev–Trinajstić information content (AvgIpc) is 3.68. The molecule has 38 heavy (non-hydrogen) atoms. The van der Waals surface area contributed by atoms with Crippen LogP contribution in [-0.2, 0) is 0 Å². The zero-order valence-electron chi connectivity index (χ0n) is 22.5. The van der Waals surface area contributed by atoms with Crippen molar-refractivity contribution in [1.29, 1.82) is 0 Å². The van der Waals surface area contributed by atoms with E-state index < -0.39 is 0 Å². The number of H-pyrrole nitrogens is 2.